The maximum absolute atomic E-state index is 12.7. The van der Waals surface area contributed by atoms with E-state index in [0.29, 0.717) is 13.1 Å². The summed E-state index contributed by atoms with van der Waals surface area (Å²) in [5.41, 5.74) is 0.446. The topological polar surface area (TPSA) is 136 Å². The van der Waals surface area contributed by atoms with Crippen LogP contribution in [0.5, 0.6) is 11.5 Å². The van der Waals surface area contributed by atoms with Crippen LogP contribution >= 0.6 is 0 Å². The summed E-state index contributed by atoms with van der Waals surface area (Å²) in [6, 6.07) is 8.51. The Morgan fingerprint density at radius 3 is 1.39 bits per heavy atom. The quantitative estimate of drug-likeness (QED) is 0.643. The first kappa shape index (κ1) is 22.1. The Hall–Kier alpha value is -4.14. The molecule has 2 N–H and O–H groups in total. The number of carbonyl (C=O) groups excluding carboxylic acids is 6. The van der Waals surface area contributed by atoms with Crippen molar-refractivity contribution in [1.29, 1.82) is 0 Å². The summed E-state index contributed by atoms with van der Waals surface area (Å²) in [5, 5.41) is 4.98. The third-order valence-electron chi connectivity index (χ3n) is 5.55. The average molecular weight is 448 g/mol. The van der Waals surface area contributed by atoms with E-state index < -0.39 is 46.8 Å². The second-order valence-electron chi connectivity index (χ2n) is 7.63. The van der Waals surface area contributed by atoms with E-state index in [1.807, 2.05) is 0 Å². The maximum atomic E-state index is 12.7. The van der Waals surface area contributed by atoms with E-state index in [4.69, 9.17) is 4.74 Å². The molecule has 33 heavy (non-hydrogen) atoms. The second kappa shape index (κ2) is 8.42. The Morgan fingerprint density at radius 2 is 1.03 bits per heavy atom. The first-order valence-electron chi connectivity index (χ1n) is 10.5. The van der Waals surface area contributed by atoms with E-state index in [2.05, 4.69) is 10.6 Å². The molecule has 0 spiro atoms. The van der Waals surface area contributed by atoms with Crippen molar-refractivity contribution in [3.8, 4) is 11.5 Å². The zero-order valence-corrected chi connectivity index (χ0v) is 17.9. The summed E-state index contributed by atoms with van der Waals surface area (Å²) < 4.78 is 5.75. The van der Waals surface area contributed by atoms with Gasteiger partial charge in [-0.25, -0.2) is 0 Å². The molecule has 0 saturated heterocycles. The summed E-state index contributed by atoms with van der Waals surface area (Å²) in [4.78, 5) is 74.5. The van der Waals surface area contributed by atoms with Gasteiger partial charge in [-0.3, -0.25) is 28.8 Å². The second-order valence-corrected chi connectivity index (χ2v) is 7.63. The molecule has 9 nitrogen and oxygen atoms in total. The van der Waals surface area contributed by atoms with Crippen LogP contribution in [0, 0.1) is 11.8 Å². The number of carbonyl (C=O) groups is 6. The number of Topliss-reactive ketones (excluding diaryl/α,β-unsaturated/α-hetero) is 4. The molecule has 2 aliphatic rings. The molecule has 0 fully saturated rings. The smallest absolute Gasteiger partial charge is 0.238 e. The fourth-order valence-corrected chi connectivity index (χ4v) is 4.04. The third-order valence-corrected chi connectivity index (χ3v) is 5.55. The van der Waals surface area contributed by atoms with Crippen LogP contribution in [0.4, 0.5) is 0 Å². The standard InChI is InChI=1S/C24H20N2O7/c1-3-25-23(31)17-19(27)13-7-5-11(9-15(13)21(17)29)33-12-6-8-14-16(10-12)22(30)18(20(14)28)24(32)26-4-2/h5-10,17-18H,3-4H2,1-2H3,(H,25,31)(H,26,32). The number of amides is 2. The van der Waals surface area contributed by atoms with Crippen molar-refractivity contribution in [2.75, 3.05) is 13.1 Å². The predicted octanol–water partition coefficient (Wildman–Crippen LogP) is 1.74. The lowest BCUT2D eigenvalue weighted by atomic mass is 10.0. The van der Waals surface area contributed by atoms with Gasteiger partial charge in [-0.15, -0.1) is 0 Å². The number of ketones is 4. The van der Waals surface area contributed by atoms with Gasteiger partial charge in [0.2, 0.25) is 11.8 Å². The third kappa shape index (κ3) is 3.61. The highest BCUT2D eigenvalue weighted by Crippen LogP contribution is 2.34. The van der Waals surface area contributed by atoms with Crippen molar-refractivity contribution >= 4 is 34.9 Å². The number of ether oxygens (including phenoxy) is 1. The molecule has 168 valence electrons. The maximum Gasteiger partial charge on any atom is 0.238 e. The highest BCUT2D eigenvalue weighted by atomic mass is 16.5. The summed E-state index contributed by atoms with van der Waals surface area (Å²) >= 11 is 0. The largest absolute Gasteiger partial charge is 0.457 e. The van der Waals surface area contributed by atoms with Gasteiger partial charge in [0.15, 0.2) is 35.0 Å². The van der Waals surface area contributed by atoms with Crippen molar-refractivity contribution < 1.29 is 33.5 Å². The highest BCUT2D eigenvalue weighted by molar-refractivity contribution is 6.36. The predicted molar refractivity (Wildman–Crippen MR) is 115 cm³/mol. The lowest BCUT2D eigenvalue weighted by Gasteiger charge is -2.08. The van der Waals surface area contributed by atoms with E-state index in [1.54, 1.807) is 13.8 Å². The number of nitrogens with one attached hydrogen (secondary N) is 2. The monoisotopic (exact) mass is 448 g/mol. The molecule has 2 unspecified atom stereocenters. The van der Waals surface area contributed by atoms with Gasteiger partial charge in [-0.1, -0.05) is 0 Å². The van der Waals surface area contributed by atoms with Gasteiger partial charge in [0.25, 0.3) is 0 Å². The Bertz CT molecular complexity index is 1150. The van der Waals surface area contributed by atoms with Crippen LogP contribution in [0.25, 0.3) is 0 Å². The first-order chi connectivity index (χ1) is 15.8. The normalized spacial score (nSPS) is 18.7. The Labute approximate surface area is 188 Å². The molecule has 0 saturated carbocycles. The minimum absolute atomic E-state index is 0.0810. The van der Waals surface area contributed by atoms with Crippen molar-refractivity contribution in [2.24, 2.45) is 11.8 Å². The zero-order chi connectivity index (χ0) is 23.9. The van der Waals surface area contributed by atoms with Gasteiger partial charge >= 0.3 is 0 Å². The summed E-state index contributed by atoms with van der Waals surface area (Å²) in [5.74, 6) is -6.03. The zero-order valence-electron chi connectivity index (χ0n) is 17.9. The molecule has 2 aliphatic carbocycles. The van der Waals surface area contributed by atoms with E-state index in [1.165, 1.54) is 36.4 Å². The van der Waals surface area contributed by atoms with Crippen LogP contribution < -0.4 is 15.4 Å². The first-order valence-corrected chi connectivity index (χ1v) is 10.5. The molecule has 2 aromatic carbocycles. The molecule has 4 rings (SSSR count). The van der Waals surface area contributed by atoms with Crippen LogP contribution in [-0.4, -0.2) is 48.0 Å². The average Bonchev–Trinajstić information content (AvgIpc) is 3.18. The lowest BCUT2D eigenvalue weighted by Crippen LogP contribution is -2.36. The molecular formula is C24H20N2O7. The van der Waals surface area contributed by atoms with Crippen molar-refractivity contribution in [2.45, 2.75) is 13.8 Å². The van der Waals surface area contributed by atoms with Gasteiger partial charge < -0.3 is 15.4 Å². The minimum atomic E-state index is -1.41. The number of hydrogen-bond donors (Lipinski definition) is 2. The van der Waals surface area contributed by atoms with Gasteiger partial charge in [-0.2, -0.15) is 0 Å². The van der Waals surface area contributed by atoms with Gasteiger partial charge in [0, 0.05) is 35.3 Å². The molecule has 0 aromatic heterocycles. The number of benzene rings is 2. The Kier molecular flexibility index (Phi) is 5.63. The molecule has 0 bridgehead atoms. The number of hydrogen-bond acceptors (Lipinski definition) is 7. The van der Waals surface area contributed by atoms with E-state index in [-0.39, 0.29) is 33.8 Å². The van der Waals surface area contributed by atoms with Crippen molar-refractivity contribution in [1.82, 2.24) is 10.6 Å². The van der Waals surface area contributed by atoms with E-state index in [0.717, 1.165) is 0 Å². The number of fused-ring (bicyclic) bond motifs is 2. The van der Waals surface area contributed by atoms with Gasteiger partial charge in [0.05, 0.1) is 0 Å². The molecule has 2 atom stereocenters. The van der Waals surface area contributed by atoms with Crippen molar-refractivity contribution in [3.63, 3.8) is 0 Å². The molecule has 0 radical (unpaired) electrons. The fourth-order valence-electron chi connectivity index (χ4n) is 4.04. The number of rotatable bonds is 6. The fraction of sp³-hybridized carbons (Fsp3) is 0.250. The SMILES string of the molecule is CCNC(=O)C1C(=O)c2ccc(Oc3ccc4c(c3)C(=O)C(C(=O)NCC)C4=O)cc2C1=O. The summed E-state index contributed by atoms with van der Waals surface area (Å²) in [6.45, 7) is 3.96. The van der Waals surface area contributed by atoms with Crippen LogP contribution in [-0.2, 0) is 9.59 Å². The van der Waals surface area contributed by atoms with Gasteiger partial charge in [0.1, 0.15) is 11.5 Å². The van der Waals surface area contributed by atoms with Crippen LogP contribution in [0.3, 0.4) is 0 Å². The van der Waals surface area contributed by atoms with Crippen LogP contribution in [0.1, 0.15) is 55.3 Å². The minimum Gasteiger partial charge on any atom is -0.457 e. The Balaban J connectivity index is 1.59. The van der Waals surface area contributed by atoms with Crippen LogP contribution in [0.2, 0.25) is 0 Å². The molecule has 2 amide bonds. The molecule has 2 aromatic rings. The highest BCUT2D eigenvalue weighted by Gasteiger charge is 2.44. The summed E-state index contributed by atoms with van der Waals surface area (Å²) in [7, 11) is 0. The lowest BCUT2D eigenvalue weighted by molar-refractivity contribution is -0.123. The molecular weight excluding hydrogens is 428 g/mol. The van der Waals surface area contributed by atoms with E-state index >= 15 is 0 Å². The molecule has 0 heterocycles. The Morgan fingerprint density at radius 1 is 0.667 bits per heavy atom. The molecule has 9 heteroatoms. The van der Waals surface area contributed by atoms with Crippen LogP contribution in [0.15, 0.2) is 36.4 Å². The van der Waals surface area contributed by atoms with Gasteiger partial charge in [-0.05, 0) is 50.2 Å². The summed E-state index contributed by atoms with van der Waals surface area (Å²) in [6.07, 6.45) is 0. The molecule has 0 aliphatic heterocycles. The van der Waals surface area contributed by atoms with E-state index in [9.17, 15) is 28.8 Å². The van der Waals surface area contributed by atoms with Crippen molar-refractivity contribution in [3.05, 3.63) is 58.7 Å².